The van der Waals surface area contributed by atoms with E-state index < -0.39 is 12.8 Å². The topological polar surface area (TPSA) is 21.3 Å². The summed E-state index contributed by atoms with van der Waals surface area (Å²) in [4.78, 5) is 0. The Morgan fingerprint density at radius 3 is 2.41 bits per heavy atom. The summed E-state index contributed by atoms with van der Waals surface area (Å²) < 4.78 is 40.2. The minimum absolute atomic E-state index is 0.205. The maximum absolute atomic E-state index is 11.9. The Bertz CT molecular complexity index is 346. The van der Waals surface area contributed by atoms with Crippen LogP contribution < -0.4 is 10.1 Å². The predicted molar refractivity (Wildman–Crippen MR) is 61.3 cm³/mol. The van der Waals surface area contributed by atoms with E-state index in [-0.39, 0.29) is 5.75 Å². The SMILES string of the molecule is C=CCCNc1ccc(OCC(F)(F)F)cc1. The monoisotopic (exact) mass is 245 g/mol. The first-order valence-electron chi connectivity index (χ1n) is 5.15. The molecule has 1 aromatic rings. The van der Waals surface area contributed by atoms with E-state index in [9.17, 15) is 13.2 Å². The molecule has 5 heteroatoms. The maximum atomic E-state index is 11.9. The maximum Gasteiger partial charge on any atom is 0.422 e. The zero-order chi connectivity index (χ0) is 12.7. The summed E-state index contributed by atoms with van der Waals surface area (Å²) in [5.41, 5.74) is 0.839. The van der Waals surface area contributed by atoms with Crippen molar-refractivity contribution in [3.63, 3.8) is 0 Å². The second-order valence-corrected chi connectivity index (χ2v) is 3.43. The number of alkyl halides is 3. The van der Waals surface area contributed by atoms with Crippen LogP contribution in [0, 0.1) is 0 Å². The fraction of sp³-hybridized carbons (Fsp3) is 0.333. The van der Waals surface area contributed by atoms with E-state index in [4.69, 9.17) is 0 Å². The number of nitrogens with one attached hydrogen (secondary N) is 1. The number of rotatable bonds is 6. The Morgan fingerprint density at radius 2 is 1.88 bits per heavy atom. The van der Waals surface area contributed by atoms with E-state index in [1.807, 2.05) is 0 Å². The molecule has 0 amide bonds. The summed E-state index contributed by atoms with van der Waals surface area (Å²) in [7, 11) is 0. The molecule has 0 aliphatic heterocycles. The van der Waals surface area contributed by atoms with Crippen molar-refractivity contribution in [2.24, 2.45) is 0 Å². The Morgan fingerprint density at radius 1 is 1.24 bits per heavy atom. The highest BCUT2D eigenvalue weighted by molar-refractivity contribution is 5.46. The summed E-state index contributed by atoms with van der Waals surface area (Å²) in [6.07, 6.45) is -1.69. The van der Waals surface area contributed by atoms with Gasteiger partial charge in [0.15, 0.2) is 6.61 Å². The highest BCUT2D eigenvalue weighted by Crippen LogP contribution is 2.20. The highest BCUT2D eigenvalue weighted by atomic mass is 19.4. The van der Waals surface area contributed by atoms with E-state index >= 15 is 0 Å². The molecular weight excluding hydrogens is 231 g/mol. The molecule has 0 heterocycles. The van der Waals surface area contributed by atoms with Gasteiger partial charge < -0.3 is 10.1 Å². The third-order valence-electron chi connectivity index (χ3n) is 1.93. The van der Waals surface area contributed by atoms with Crippen LogP contribution in [0.25, 0.3) is 0 Å². The Labute approximate surface area is 98.1 Å². The number of ether oxygens (including phenoxy) is 1. The van der Waals surface area contributed by atoms with Crippen molar-refractivity contribution >= 4 is 5.69 Å². The summed E-state index contributed by atoms with van der Waals surface area (Å²) in [5.74, 6) is 0.205. The molecule has 0 radical (unpaired) electrons. The molecule has 94 valence electrons. The number of anilines is 1. The van der Waals surface area contributed by atoms with Crippen molar-refractivity contribution in [3.8, 4) is 5.75 Å². The lowest BCUT2D eigenvalue weighted by Gasteiger charge is -2.10. The lowest BCUT2D eigenvalue weighted by Crippen LogP contribution is -2.19. The average molecular weight is 245 g/mol. The van der Waals surface area contributed by atoms with Crippen LogP contribution >= 0.6 is 0 Å². The number of benzene rings is 1. The quantitative estimate of drug-likeness (QED) is 0.610. The number of hydrogen-bond donors (Lipinski definition) is 1. The first-order chi connectivity index (χ1) is 8.01. The smallest absolute Gasteiger partial charge is 0.422 e. The minimum Gasteiger partial charge on any atom is -0.484 e. The van der Waals surface area contributed by atoms with Gasteiger partial charge >= 0.3 is 6.18 Å². The van der Waals surface area contributed by atoms with E-state index in [0.717, 1.165) is 18.7 Å². The molecule has 0 aliphatic carbocycles. The van der Waals surface area contributed by atoms with Gasteiger partial charge in [-0.2, -0.15) is 13.2 Å². The first kappa shape index (κ1) is 13.4. The summed E-state index contributed by atoms with van der Waals surface area (Å²) in [6, 6.07) is 6.35. The minimum atomic E-state index is -4.30. The molecule has 0 spiro atoms. The second kappa shape index (κ2) is 6.18. The average Bonchev–Trinajstić information content (AvgIpc) is 2.27. The predicted octanol–water partition coefficient (Wildman–Crippen LogP) is 3.62. The van der Waals surface area contributed by atoms with Gasteiger partial charge in [0.1, 0.15) is 5.75 Å². The fourth-order valence-corrected chi connectivity index (χ4v) is 1.15. The summed E-state index contributed by atoms with van der Waals surface area (Å²) in [6.45, 7) is 3.06. The van der Waals surface area contributed by atoms with Gasteiger partial charge in [0.25, 0.3) is 0 Å². The van der Waals surface area contributed by atoms with Crippen LogP contribution in [-0.4, -0.2) is 19.3 Å². The van der Waals surface area contributed by atoms with Gasteiger partial charge in [-0.1, -0.05) is 6.08 Å². The van der Waals surface area contributed by atoms with Crippen LogP contribution in [0.5, 0.6) is 5.75 Å². The third kappa shape index (κ3) is 5.85. The highest BCUT2D eigenvalue weighted by Gasteiger charge is 2.28. The van der Waals surface area contributed by atoms with E-state index in [2.05, 4.69) is 16.6 Å². The van der Waals surface area contributed by atoms with Gasteiger partial charge in [-0.05, 0) is 30.7 Å². The van der Waals surface area contributed by atoms with Gasteiger partial charge in [-0.3, -0.25) is 0 Å². The molecule has 0 atom stereocenters. The summed E-state index contributed by atoms with van der Waals surface area (Å²) >= 11 is 0. The molecule has 17 heavy (non-hydrogen) atoms. The Hall–Kier alpha value is -1.65. The molecule has 0 saturated heterocycles. The number of hydrogen-bond acceptors (Lipinski definition) is 2. The molecule has 0 saturated carbocycles. The molecule has 0 bridgehead atoms. The third-order valence-corrected chi connectivity index (χ3v) is 1.93. The number of halogens is 3. The van der Waals surface area contributed by atoms with Gasteiger partial charge in [0, 0.05) is 12.2 Å². The van der Waals surface area contributed by atoms with Crippen LogP contribution in [0.3, 0.4) is 0 Å². The molecule has 1 aromatic carbocycles. The second-order valence-electron chi connectivity index (χ2n) is 3.43. The van der Waals surface area contributed by atoms with Gasteiger partial charge in [-0.15, -0.1) is 6.58 Å². The van der Waals surface area contributed by atoms with E-state index in [0.29, 0.717) is 0 Å². The van der Waals surface area contributed by atoms with Crippen LogP contribution in [0.15, 0.2) is 36.9 Å². The van der Waals surface area contributed by atoms with Crippen molar-refractivity contribution in [2.75, 3.05) is 18.5 Å². The molecule has 0 aromatic heterocycles. The van der Waals surface area contributed by atoms with Gasteiger partial charge in [0.2, 0.25) is 0 Å². The molecular formula is C12H14F3NO. The molecule has 0 unspecified atom stereocenters. The van der Waals surface area contributed by atoms with Crippen molar-refractivity contribution in [1.29, 1.82) is 0 Å². The van der Waals surface area contributed by atoms with Gasteiger partial charge in [0.05, 0.1) is 0 Å². The van der Waals surface area contributed by atoms with Crippen molar-refractivity contribution < 1.29 is 17.9 Å². The van der Waals surface area contributed by atoms with Crippen LogP contribution in [0.4, 0.5) is 18.9 Å². The molecule has 2 nitrogen and oxygen atoms in total. The summed E-state index contributed by atoms with van der Waals surface area (Å²) in [5, 5.41) is 3.10. The zero-order valence-electron chi connectivity index (χ0n) is 9.26. The van der Waals surface area contributed by atoms with Gasteiger partial charge in [-0.25, -0.2) is 0 Å². The molecule has 0 aliphatic rings. The van der Waals surface area contributed by atoms with Crippen molar-refractivity contribution in [3.05, 3.63) is 36.9 Å². The molecule has 1 N–H and O–H groups in total. The first-order valence-corrected chi connectivity index (χ1v) is 5.15. The largest absolute Gasteiger partial charge is 0.484 e. The normalized spacial score (nSPS) is 11.0. The van der Waals surface area contributed by atoms with E-state index in [1.165, 1.54) is 12.1 Å². The Balaban J connectivity index is 2.42. The van der Waals surface area contributed by atoms with Crippen LogP contribution in [0.2, 0.25) is 0 Å². The fourth-order valence-electron chi connectivity index (χ4n) is 1.15. The molecule has 0 fully saturated rings. The van der Waals surface area contributed by atoms with E-state index in [1.54, 1.807) is 18.2 Å². The van der Waals surface area contributed by atoms with Crippen molar-refractivity contribution in [2.45, 2.75) is 12.6 Å². The lowest BCUT2D eigenvalue weighted by atomic mass is 10.3. The lowest BCUT2D eigenvalue weighted by molar-refractivity contribution is -0.153. The van der Waals surface area contributed by atoms with Crippen LogP contribution in [0.1, 0.15) is 6.42 Å². The van der Waals surface area contributed by atoms with Crippen molar-refractivity contribution in [1.82, 2.24) is 0 Å². The molecule has 1 rings (SSSR count). The van der Waals surface area contributed by atoms with Crippen LogP contribution in [-0.2, 0) is 0 Å². The standard InChI is InChI=1S/C12H14F3NO/c1-2-3-8-16-10-4-6-11(7-5-10)17-9-12(13,14)15/h2,4-7,16H,1,3,8-9H2. The Kier molecular flexibility index (Phi) is 4.87. The zero-order valence-corrected chi connectivity index (χ0v) is 9.26.